The number of aromatic nitrogens is 1. The number of nitriles is 1. The summed E-state index contributed by atoms with van der Waals surface area (Å²) in [4.78, 5) is 4.41. The van der Waals surface area contributed by atoms with Gasteiger partial charge in [-0.2, -0.15) is 18.4 Å². The van der Waals surface area contributed by atoms with Crippen molar-refractivity contribution in [2.24, 2.45) is 0 Å². The Morgan fingerprint density at radius 3 is 2.45 bits per heavy atom. The number of aliphatic hydroxyl groups is 1. The summed E-state index contributed by atoms with van der Waals surface area (Å²) in [6.45, 7) is 0. The van der Waals surface area contributed by atoms with E-state index < -0.39 is 17.5 Å². The van der Waals surface area contributed by atoms with Crippen molar-refractivity contribution in [3.05, 3.63) is 88.4 Å². The molecule has 2 heterocycles. The maximum atomic E-state index is 13.0. The minimum absolute atomic E-state index is 0.0413. The number of thiazole rings is 1. The molecular weight excluding hydrogens is 425 g/mol. The zero-order valence-corrected chi connectivity index (χ0v) is 16.5. The van der Waals surface area contributed by atoms with Crippen LogP contribution >= 0.6 is 11.3 Å². The fraction of sp³-hybridized carbons (Fsp3) is 0.0435. The Balaban J connectivity index is 1.68. The molecule has 0 spiro atoms. The lowest BCUT2D eigenvalue weighted by Crippen LogP contribution is -2.04. The normalized spacial score (nSPS) is 12.3. The summed E-state index contributed by atoms with van der Waals surface area (Å²) in [5.41, 5.74) is 0.832. The zero-order chi connectivity index (χ0) is 22.0. The smallest absolute Gasteiger partial charge is 0.416 e. The van der Waals surface area contributed by atoms with Gasteiger partial charge in [0.2, 0.25) is 0 Å². The van der Waals surface area contributed by atoms with Crippen molar-refractivity contribution in [2.45, 2.75) is 6.18 Å². The molecule has 0 aliphatic rings. The monoisotopic (exact) mass is 438 g/mol. The lowest BCUT2D eigenvalue weighted by molar-refractivity contribution is -0.137. The molecule has 154 valence electrons. The van der Waals surface area contributed by atoms with Gasteiger partial charge in [-0.25, -0.2) is 4.98 Å². The molecule has 4 aromatic rings. The number of hydrogen-bond acceptors (Lipinski definition) is 5. The molecule has 2 aromatic heterocycles. The third-order valence-electron chi connectivity index (χ3n) is 4.45. The largest absolute Gasteiger partial charge is 0.503 e. The predicted molar refractivity (Wildman–Crippen MR) is 112 cm³/mol. The number of nitrogens with zero attached hydrogens (tertiary/aromatic N) is 2. The van der Waals surface area contributed by atoms with Crippen LogP contribution in [-0.2, 0) is 6.18 Å². The van der Waals surface area contributed by atoms with Crippen LogP contribution in [0.15, 0.2) is 76.5 Å². The summed E-state index contributed by atoms with van der Waals surface area (Å²) < 4.78 is 44.4. The van der Waals surface area contributed by atoms with Crippen molar-refractivity contribution in [2.75, 3.05) is 0 Å². The molecule has 0 amide bonds. The summed E-state index contributed by atoms with van der Waals surface area (Å²) in [5, 5.41) is 22.3. The molecule has 0 fully saturated rings. The van der Waals surface area contributed by atoms with Gasteiger partial charge in [0, 0.05) is 16.5 Å². The van der Waals surface area contributed by atoms with Crippen molar-refractivity contribution >= 4 is 22.7 Å². The summed E-state index contributed by atoms with van der Waals surface area (Å²) in [7, 11) is 0. The molecule has 8 heteroatoms. The third kappa shape index (κ3) is 4.22. The fourth-order valence-corrected chi connectivity index (χ4v) is 3.75. The number of aliphatic hydroxyl groups excluding tert-OH is 1. The van der Waals surface area contributed by atoms with Gasteiger partial charge in [0.25, 0.3) is 0 Å². The Hall–Kier alpha value is -3.83. The molecule has 0 radical (unpaired) electrons. The van der Waals surface area contributed by atoms with Crippen molar-refractivity contribution in [3.63, 3.8) is 0 Å². The minimum atomic E-state index is -4.48. The van der Waals surface area contributed by atoms with E-state index in [0.717, 1.165) is 17.7 Å². The lowest BCUT2D eigenvalue weighted by atomic mass is 10.1. The van der Waals surface area contributed by atoms with Crippen LogP contribution in [0, 0.1) is 11.3 Å². The van der Waals surface area contributed by atoms with Crippen molar-refractivity contribution in [1.82, 2.24) is 4.98 Å². The van der Waals surface area contributed by atoms with Gasteiger partial charge in [-0.05, 0) is 24.3 Å². The van der Waals surface area contributed by atoms with Crippen molar-refractivity contribution in [1.29, 1.82) is 5.26 Å². The van der Waals surface area contributed by atoms with E-state index in [9.17, 15) is 23.5 Å². The molecule has 0 saturated carbocycles. The molecular formula is C23H13F3N2O2S. The highest BCUT2D eigenvalue weighted by Gasteiger charge is 2.30. The van der Waals surface area contributed by atoms with Gasteiger partial charge in [0.1, 0.15) is 22.4 Å². The molecule has 0 saturated heterocycles. The molecule has 0 bridgehead atoms. The van der Waals surface area contributed by atoms with Gasteiger partial charge in [0.05, 0.1) is 11.3 Å². The van der Waals surface area contributed by atoms with Crippen LogP contribution in [0.2, 0.25) is 0 Å². The molecule has 31 heavy (non-hydrogen) atoms. The van der Waals surface area contributed by atoms with Gasteiger partial charge in [-0.15, -0.1) is 11.3 Å². The van der Waals surface area contributed by atoms with Gasteiger partial charge in [-0.1, -0.05) is 42.5 Å². The van der Waals surface area contributed by atoms with Crippen molar-refractivity contribution in [3.8, 4) is 28.7 Å². The Bertz CT molecular complexity index is 1300. The molecule has 4 nitrogen and oxygen atoms in total. The molecule has 0 aliphatic carbocycles. The lowest BCUT2D eigenvalue weighted by Gasteiger charge is -2.07. The zero-order valence-electron chi connectivity index (χ0n) is 15.7. The molecule has 0 unspecified atom stereocenters. The van der Waals surface area contributed by atoms with Crippen LogP contribution in [0.5, 0.6) is 0 Å². The maximum Gasteiger partial charge on any atom is 0.416 e. The fourth-order valence-electron chi connectivity index (χ4n) is 2.92. The second kappa shape index (κ2) is 8.13. The Labute approximate surface area is 179 Å². The molecule has 0 atom stereocenters. The van der Waals surface area contributed by atoms with Crippen LogP contribution in [0.25, 0.3) is 33.9 Å². The SMILES string of the molecule is N#C/C(=C(/O)c1ccc(-c2cccc(C(F)(F)F)c2)o1)c1nc(-c2ccccc2)cs1. The minimum Gasteiger partial charge on any atom is -0.503 e. The highest BCUT2D eigenvalue weighted by molar-refractivity contribution is 7.11. The molecule has 0 aliphatic heterocycles. The van der Waals surface area contributed by atoms with E-state index in [1.165, 1.54) is 35.6 Å². The Morgan fingerprint density at radius 2 is 1.74 bits per heavy atom. The van der Waals surface area contributed by atoms with E-state index in [0.29, 0.717) is 10.7 Å². The van der Waals surface area contributed by atoms with E-state index in [1.807, 2.05) is 36.4 Å². The highest BCUT2D eigenvalue weighted by Crippen LogP contribution is 2.35. The average Bonchev–Trinajstić information content (AvgIpc) is 3.45. The highest BCUT2D eigenvalue weighted by atomic mass is 32.1. The molecule has 1 N–H and O–H groups in total. The van der Waals surface area contributed by atoms with Gasteiger partial charge in [0.15, 0.2) is 11.5 Å². The summed E-state index contributed by atoms with van der Waals surface area (Å²) in [6, 6.07) is 18.8. The number of furan rings is 1. The first kappa shape index (κ1) is 20.4. The number of allylic oxidation sites excluding steroid dienone is 1. The van der Waals surface area contributed by atoms with E-state index >= 15 is 0 Å². The molecule has 2 aromatic carbocycles. The van der Waals surface area contributed by atoms with Crippen LogP contribution in [0.1, 0.15) is 16.3 Å². The van der Waals surface area contributed by atoms with Gasteiger partial charge in [-0.3, -0.25) is 0 Å². The van der Waals surface area contributed by atoms with Gasteiger partial charge >= 0.3 is 6.18 Å². The standard InChI is InChI=1S/C23H13F3N2O2S/c24-23(25,26)16-8-4-7-15(11-16)19-9-10-20(30-19)21(29)17(12-27)22-28-18(13-31-22)14-5-2-1-3-6-14/h1-11,13,29H/b21-17-. The number of benzene rings is 2. The number of alkyl halides is 3. The maximum absolute atomic E-state index is 13.0. The van der Waals surface area contributed by atoms with Gasteiger partial charge < -0.3 is 9.52 Å². The molecule has 4 rings (SSSR count). The predicted octanol–water partition coefficient (Wildman–Crippen LogP) is 7.04. The summed E-state index contributed by atoms with van der Waals surface area (Å²) in [6.07, 6.45) is -4.48. The Morgan fingerprint density at radius 1 is 1.00 bits per heavy atom. The van der Waals surface area contributed by atoms with E-state index in [4.69, 9.17) is 4.42 Å². The Kier molecular flexibility index (Phi) is 5.36. The first-order chi connectivity index (χ1) is 14.9. The first-order valence-corrected chi connectivity index (χ1v) is 9.87. The van der Waals surface area contributed by atoms with E-state index in [2.05, 4.69) is 4.98 Å². The van der Waals surface area contributed by atoms with E-state index in [-0.39, 0.29) is 22.7 Å². The second-order valence-corrected chi connectivity index (χ2v) is 7.34. The topological polar surface area (TPSA) is 70.0 Å². The van der Waals surface area contributed by atoms with Crippen molar-refractivity contribution < 1.29 is 22.7 Å². The van der Waals surface area contributed by atoms with Crippen LogP contribution in [0.3, 0.4) is 0 Å². The van der Waals surface area contributed by atoms with Crippen LogP contribution in [-0.4, -0.2) is 10.1 Å². The van der Waals surface area contributed by atoms with E-state index in [1.54, 1.807) is 5.38 Å². The third-order valence-corrected chi connectivity index (χ3v) is 5.31. The summed E-state index contributed by atoms with van der Waals surface area (Å²) >= 11 is 1.19. The quantitative estimate of drug-likeness (QED) is 0.274. The number of halogens is 3. The summed E-state index contributed by atoms with van der Waals surface area (Å²) in [5.74, 6) is -0.343. The van der Waals surface area contributed by atoms with Crippen LogP contribution in [0.4, 0.5) is 13.2 Å². The number of rotatable bonds is 4. The first-order valence-electron chi connectivity index (χ1n) is 8.99. The van der Waals surface area contributed by atoms with Crippen LogP contribution < -0.4 is 0 Å². The average molecular weight is 438 g/mol. The number of hydrogen-bond donors (Lipinski definition) is 1. The second-order valence-electron chi connectivity index (χ2n) is 6.48.